The average Bonchev–Trinajstić information content (AvgIpc) is 3.25. The molecular weight excluding hydrogens is 379 g/mol. The second-order valence-corrected chi connectivity index (χ2v) is 9.67. The van der Waals surface area contributed by atoms with Crippen LogP contribution in [0.25, 0.3) is 4.85 Å². The zero-order chi connectivity index (χ0) is 19.6. The highest BCUT2D eigenvalue weighted by Gasteiger charge is 2.72. The molecule has 0 amide bonds. The Morgan fingerprint density at radius 1 is 1.37 bits per heavy atom. The summed E-state index contributed by atoms with van der Waals surface area (Å²) in [5.74, 6) is -0.158. The second kappa shape index (κ2) is 5.62. The van der Waals surface area contributed by atoms with E-state index in [-0.39, 0.29) is 36.5 Å². The van der Waals surface area contributed by atoms with Gasteiger partial charge in [-0.15, -0.1) is 0 Å². The zero-order valence-corrected chi connectivity index (χ0v) is 15.0. The molecule has 142 valence electrons. The molecule has 9 heteroatoms. The van der Waals surface area contributed by atoms with Crippen LogP contribution in [0.5, 0.6) is 0 Å². The van der Waals surface area contributed by atoms with Crippen molar-refractivity contribution in [3.63, 3.8) is 0 Å². The summed E-state index contributed by atoms with van der Waals surface area (Å²) in [4.78, 5) is 3.40. The Morgan fingerprint density at radius 3 is 2.74 bits per heavy atom. The van der Waals surface area contributed by atoms with Gasteiger partial charge >= 0.3 is 6.18 Å². The number of nitriles is 1. The van der Waals surface area contributed by atoms with Crippen LogP contribution in [-0.4, -0.2) is 26.3 Å². The third-order valence-electron chi connectivity index (χ3n) is 6.54. The normalized spacial score (nSPS) is 33.5. The van der Waals surface area contributed by atoms with Crippen LogP contribution in [0.3, 0.4) is 0 Å². The fraction of sp³-hybridized carbons (Fsp3) is 0.556. The van der Waals surface area contributed by atoms with Crippen LogP contribution in [0.4, 0.5) is 18.9 Å². The van der Waals surface area contributed by atoms with Crippen LogP contribution >= 0.6 is 0 Å². The highest BCUT2D eigenvalue weighted by Crippen LogP contribution is 2.62. The van der Waals surface area contributed by atoms with E-state index in [1.165, 1.54) is 12.1 Å². The van der Waals surface area contributed by atoms with Gasteiger partial charge in [-0.25, -0.2) is 15.0 Å². The first-order valence-corrected chi connectivity index (χ1v) is 10.1. The molecule has 2 bridgehead atoms. The molecule has 0 spiro atoms. The molecular formula is C18H16F3N3O2S. The van der Waals surface area contributed by atoms with Crippen molar-refractivity contribution in [1.82, 2.24) is 0 Å². The van der Waals surface area contributed by atoms with E-state index in [0.29, 0.717) is 0 Å². The fourth-order valence-corrected chi connectivity index (χ4v) is 8.10. The lowest BCUT2D eigenvalue weighted by atomic mass is 9.78. The molecule has 5 nitrogen and oxygen atoms in total. The van der Waals surface area contributed by atoms with Gasteiger partial charge in [0.1, 0.15) is 0 Å². The van der Waals surface area contributed by atoms with E-state index in [4.69, 9.17) is 11.8 Å². The topological polar surface area (TPSA) is 65.5 Å². The van der Waals surface area contributed by atoms with E-state index in [1.807, 2.05) is 0 Å². The summed E-state index contributed by atoms with van der Waals surface area (Å²) in [6.07, 6.45) is -2.34. The van der Waals surface area contributed by atoms with Gasteiger partial charge in [-0.2, -0.15) is 18.4 Å². The Kier molecular flexibility index (Phi) is 3.77. The van der Waals surface area contributed by atoms with E-state index in [0.717, 1.165) is 35.7 Å². The first kappa shape index (κ1) is 18.1. The minimum atomic E-state index is -4.76. The number of nitrogens with zero attached hydrogens (tertiary/aromatic N) is 3. The van der Waals surface area contributed by atoms with E-state index in [2.05, 4.69) is 4.85 Å². The largest absolute Gasteiger partial charge is 0.417 e. The lowest BCUT2D eigenvalue weighted by Crippen LogP contribution is -2.49. The summed E-state index contributed by atoms with van der Waals surface area (Å²) < 4.78 is 66.6. The Labute approximate surface area is 155 Å². The number of sulfonamides is 1. The summed E-state index contributed by atoms with van der Waals surface area (Å²) >= 11 is 0. The third-order valence-corrected chi connectivity index (χ3v) is 9.20. The van der Waals surface area contributed by atoms with Gasteiger partial charge in [-0.1, -0.05) is 0 Å². The lowest BCUT2D eigenvalue weighted by Gasteiger charge is -2.32. The van der Waals surface area contributed by atoms with Gasteiger partial charge in [0.15, 0.2) is 4.75 Å². The number of benzene rings is 1. The van der Waals surface area contributed by atoms with Crippen molar-refractivity contribution in [3.8, 4) is 6.07 Å². The molecule has 1 heterocycles. The number of alkyl halides is 3. The number of hydrogen-bond acceptors (Lipinski definition) is 3. The van der Waals surface area contributed by atoms with Crippen molar-refractivity contribution in [2.45, 2.75) is 30.2 Å². The van der Waals surface area contributed by atoms with Crippen molar-refractivity contribution in [2.75, 3.05) is 17.4 Å². The molecule has 0 N–H and O–H groups in total. The SMILES string of the molecule is [C-]#[N+]C[C@@]12[C@H]3CC[C@H](C3)[C@@H]1CN(c1ccc(C#N)c(C(F)(F)F)c1)S2(=O)=O. The smallest absolute Gasteiger partial charge is 0.315 e. The van der Waals surface area contributed by atoms with Gasteiger partial charge in [-0.05, 0) is 49.3 Å². The maximum absolute atomic E-state index is 13.4. The molecule has 0 unspecified atom stereocenters. The Hall–Kier alpha value is -2.26. The number of fused-ring (bicyclic) bond motifs is 5. The Balaban J connectivity index is 1.84. The second-order valence-electron chi connectivity index (χ2n) is 7.52. The average molecular weight is 395 g/mol. The summed E-state index contributed by atoms with van der Waals surface area (Å²) in [5.41, 5.74) is -1.77. The fourth-order valence-electron chi connectivity index (χ4n) is 5.43. The van der Waals surface area contributed by atoms with Gasteiger partial charge in [0, 0.05) is 12.5 Å². The van der Waals surface area contributed by atoms with Gasteiger partial charge in [-0.3, -0.25) is 4.31 Å². The number of rotatable bonds is 2. The minimum absolute atomic E-state index is 0.0838. The maximum Gasteiger partial charge on any atom is 0.417 e. The van der Waals surface area contributed by atoms with Crippen LogP contribution in [0.15, 0.2) is 18.2 Å². The van der Waals surface area contributed by atoms with Crippen molar-refractivity contribution in [2.24, 2.45) is 17.8 Å². The van der Waals surface area contributed by atoms with Crippen molar-refractivity contribution in [1.29, 1.82) is 5.26 Å². The molecule has 0 radical (unpaired) electrons. The molecule has 1 aromatic rings. The first-order chi connectivity index (χ1) is 12.7. The molecule has 2 saturated carbocycles. The van der Waals surface area contributed by atoms with E-state index in [9.17, 15) is 21.6 Å². The predicted octanol–water partition coefficient (Wildman–Crippen LogP) is 3.43. The van der Waals surface area contributed by atoms with E-state index < -0.39 is 32.1 Å². The third kappa shape index (κ3) is 2.24. The van der Waals surface area contributed by atoms with Crippen LogP contribution in [-0.2, 0) is 16.2 Å². The van der Waals surface area contributed by atoms with Crippen molar-refractivity contribution in [3.05, 3.63) is 40.7 Å². The molecule has 3 fully saturated rings. The molecule has 1 aliphatic heterocycles. The van der Waals surface area contributed by atoms with Crippen molar-refractivity contribution < 1.29 is 21.6 Å². The minimum Gasteiger partial charge on any atom is -0.315 e. The first-order valence-electron chi connectivity index (χ1n) is 8.63. The summed E-state index contributed by atoms with van der Waals surface area (Å²) in [7, 11) is -3.98. The lowest BCUT2D eigenvalue weighted by molar-refractivity contribution is -0.137. The highest BCUT2D eigenvalue weighted by molar-refractivity contribution is 7.94. The quantitative estimate of drug-likeness (QED) is 0.721. The van der Waals surface area contributed by atoms with E-state index in [1.54, 1.807) is 0 Å². The molecule has 2 aliphatic carbocycles. The Morgan fingerprint density at radius 2 is 2.11 bits per heavy atom. The maximum atomic E-state index is 13.4. The number of anilines is 1. The zero-order valence-electron chi connectivity index (χ0n) is 14.2. The Bertz CT molecular complexity index is 993. The molecule has 1 aromatic carbocycles. The molecule has 1 saturated heterocycles. The van der Waals surface area contributed by atoms with Gasteiger partial charge < -0.3 is 4.85 Å². The standard InChI is InChI=1S/C18H16F3N3O2S/c1-23-10-17-13-4-2-11(6-13)16(17)9-24(27(17,25)26)14-5-3-12(8-22)15(7-14)18(19,20)21/h3,5,7,11,13,16H,2,4,6,9-10H2/t11-,13+,16+,17-/m1/s1. The summed E-state index contributed by atoms with van der Waals surface area (Å²) in [6.45, 7) is 7.21. The molecule has 27 heavy (non-hydrogen) atoms. The number of hydrogen-bond donors (Lipinski definition) is 0. The van der Waals surface area contributed by atoms with Crippen LogP contribution < -0.4 is 4.31 Å². The summed E-state index contributed by atoms with van der Waals surface area (Å²) in [6, 6.07) is 4.51. The molecule has 0 aromatic heterocycles. The molecule has 4 rings (SSSR count). The van der Waals surface area contributed by atoms with E-state index >= 15 is 0 Å². The molecule has 3 aliphatic rings. The van der Waals surface area contributed by atoms with Crippen molar-refractivity contribution >= 4 is 15.7 Å². The summed E-state index contributed by atoms with van der Waals surface area (Å²) in [5, 5.41) is 8.95. The van der Waals surface area contributed by atoms with Gasteiger partial charge in [0.2, 0.25) is 16.6 Å². The predicted molar refractivity (Wildman–Crippen MR) is 90.9 cm³/mol. The highest BCUT2D eigenvalue weighted by atomic mass is 32.2. The van der Waals surface area contributed by atoms with Gasteiger partial charge in [0.25, 0.3) is 0 Å². The van der Waals surface area contributed by atoms with Gasteiger partial charge in [0.05, 0.1) is 22.9 Å². The van der Waals surface area contributed by atoms with Crippen LogP contribution in [0.2, 0.25) is 0 Å². The molecule has 4 atom stereocenters. The van der Waals surface area contributed by atoms with Crippen LogP contribution in [0.1, 0.15) is 30.4 Å². The monoisotopic (exact) mass is 395 g/mol. The number of halogens is 3. The van der Waals surface area contributed by atoms with Crippen LogP contribution in [0, 0.1) is 35.7 Å².